The normalized spacial score (nSPS) is 15.9. The summed E-state index contributed by atoms with van der Waals surface area (Å²) in [6.07, 6.45) is 0.339. The van der Waals surface area contributed by atoms with Crippen LogP contribution in [0.1, 0.15) is 26.3 Å². The van der Waals surface area contributed by atoms with Crippen LogP contribution in [0.3, 0.4) is 0 Å². The molecule has 1 heterocycles. The molecule has 22 heavy (non-hydrogen) atoms. The van der Waals surface area contributed by atoms with E-state index in [0.29, 0.717) is 24.8 Å². The van der Waals surface area contributed by atoms with Crippen LogP contribution in [0.2, 0.25) is 0 Å². The molecular formula is C16H23NO3S2. The summed E-state index contributed by atoms with van der Waals surface area (Å²) in [6, 6.07) is 8.02. The molecule has 0 aromatic heterocycles. The monoisotopic (exact) mass is 341 g/mol. The van der Waals surface area contributed by atoms with Gasteiger partial charge in [-0.15, -0.1) is 11.8 Å². The van der Waals surface area contributed by atoms with Gasteiger partial charge in [0.05, 0.1) is 11.7 Å². The minimum atomic E-state index is -3.01. The molecule has 0 saturated carbocycles. The van der Waals surface area contributed by atoms with Gasteiger partial charge < -0.3 is 4.90 Å². The van der Waals surface area contributed by atoms with Crippen molar-refractivity contribution in [2.24, 2.45) is 0 Å². The first kappa shape index (κ1) is 17.3. The minimum Gasteiger partial charge on any atom is -0.340 e. The fourth-order valence-corrected chi connectivity index (χ4v) is 4.47. The predicted octanol–water partition coefficient (Wildman–Crippen LogP) is 2.38. The number of nitrogens with zero attached hydrogens (tertiary/aromatic N) is 1. The van der Waals surface area contributed by atoms with Crippen molar-refractivity contribution in [1.82, 2.24) is 4.90 Å². The van der Waals surface area contributed by atoms with Gasteiger partial charge in [0.25, 0.3) is 0 Å². The number of hydrogen-bond acceptors (Lipinski definition) is 4. The maximum atomic E-state index is 12.1. The number of rotatable bonds is 6. The van der Waals surface area contributed by atoms with Crippen molar-refractivity contribution >= 4 is 27.5 Å². The Balaban J connectivity index is 1.86. The number of likely N-dealkylation sites (tertiary alicyclic amines) is 1. The Bertz CT molecular complexity index is 617. The Labute approximate surface area is 137 Å². The molecule has 0 bridgehead atoms. The predicted molar refractivity (Wildman–Crippen MR) is 91.0 cm³/mol. The van der Waals surface area contributed by atoms with Crippen molar-refractivity contribution in [1.29, 1.82) is 0 Å². The van der Waals surface area contributed by atoms with E-state index in [1.54, 1.807) is 23.6 Å². The Hall–Kier alpha value is -1.01. The molecule has 1 aliphatic rings. The van der Waals surface area contributed by atoms with Gasteiger partial charge in [0.15, 0.2) is 9.84 Å². The average molecular weight is 341 g/mol. The highest BCUT2D eigenvalue weighted by Crippen LogP contribution is 2.23. The van der Waals surface area contributed by atoms with Gasteiger partial charge in [-0.25, -0.2) is 8.42 Å². The van der Waals surface area contributed by atoms with E-state index in [0.717, 1.165) is 5.56 Å². The minimum absolute atomic E-state index is 0.00631. The van der Waals surface area contributed by atoms with Crippen molar-refractivity contribution in [3.63, 3.8) is 0 Å². The molecule has 1 fully saturated rings. The molecule has 0 aliphatic carbocycles. The summed E-state index contributed by atoms with van der Waals surface area (Å²) in [5.74, 6) is 0.154. The Kier molecular flexibility index (Phi) is 5.55. The first-order valence-electron chi connectivity index (χ1n) is 7.56. The zero-order valence-corrected chi connectivity index (χ0v) is 14.9. The van der Waals surface area contributed by atoms with Gasteiger partial charge in [-0.1, -0.05) is 32.9 Å². The van der Waals surface area contributed by atoms with Crippen LogP contribution in [0.25, 0.3) is 0 Å². The molecule has 0 unspecified atom stereocenters. The van der Waals surface area contributed by atoms with E-state index < -0.39 is 9.84 Å². The first-order chi connectivity index (χ1) is 10.3. The van der Waals surface area contributed by atoms with Crippen LogP contribution in [-0.2, 0) is 21.1 Å². The molecule has 6 heteroatoms. The maximum Gasteiger partial charge on any atom is 0.227 e. The maximum absolute atomic E-state index is 12.1. The first-order valence-corrected chi connectivity index (χ1v) is 10.2. The number of benzene rings is 1. The molecule has 1 aliphatic heterocycles. The lowest BCUT2D eigenvalue weighted by molar-refractivity contribution is -0.133. The third-order valence-corrected chi connectivity index (χ3v) is 6.90. The van der Waals surface area contributed by atoms with Crippen LogP contribution in [0.4, 0.5) is 0 Å². The molecular weight excluding hydrogens is 318 g/mol. The van der Waals surface area contributed by atoms with Gasteiger partial charge in [-0.2, -0.15) is 0 Å². The SMILES string of the molecule is CCS(=O)(=O)C1CN(C(=O)Cc2ccc(SC(C)C)cc2)C1. The van der Waals surface area contributed by atoms with Crippen LogP contribution >= 0.6 is 11.8 Å². The van der Waals surface area contributed by atoms with Crippen molar-refractivity contribution in [2.75, 3.05) is 18.8 Å². The molecule has 2 rings (SSSR count). The average Bonchev–Trinajstić information content (AvgIpc) is 2.38. The summed E-state index contributed by atoms with van der Waals surface area (Å²) in [7, 11) is -3.01. The van der Waals surface area contributed by atoms with Gasteiger partial charge >= 0.3 is 0 Å². The molecule has 122 valence electrons. The van der Waals surface area contributed by atoms with Gasteiger partial charge in [0, 0.05) is 29.0 Å². The van der Waals surface area contributed by atoms with Crippen LogP contribution < -0.4 is 0 Å². The van der Waals surface area contributed by atoms with Crippen molar-refractivity contribution < 1.29 is 13.2 Å². The van der Waals surface area contributed by atoms with E-state index in [1.807, 2.05) is 24.3 Å². The Morgan fingerprint density at radius 2 is 1.86 bits per heavy atom. The zero-order valence-electron chi connectivity index (χ0n) is 13.3. The fourth-order valence-electron chi connectivity index (χ4n) is 2.35. The van der Waals surface area contributed by atoms with E-state index in [1.165, 1.54) is 4.90 Å². The van der Waals surface area contributed by atoms with Gasteiger partial charge in [0.2, 0.25) is 5.91 Å². The lowest BCUT2D eigenvalue weighted by atomic mass is 10.1. The zero-order chi connectivity index (χ0) is 16.3. The van der Waals surface area contributed by atoms with E-state index in [9.17, 15) is 13.2 Å². The lowest BCUT2D eigenvalue weighted by Crippen LogP contribution is -2.57. The topological polar surface area (TPSA) is 54.5 Å². The summed E-state index contributed by atoms with van der Waals surface area (Å²) < 4.78 is 23.4. The van der Waals surface area contributed by atoms with Crippen molar-refractivity contribution in [3.8, 4) is 0 Å². The summed E-state index contributed by atoms with van der Waals surface area (Å²) in [6.45, 7) is 6.63. The van der Waals surface area contributed by atoms with Gasteiger partial charge in [-0.3, -0.25) is 4.79 Å². The summed E-state index contributed by atoms with van der Waals surface area (Å²) in [5, 5.41) is 0.164. The molecule has 1 saturated heterocycles. The highest BCUT2D eigenvalue weighted by molar-refractivity contribution is 7.99. The molecule has 0 radical (unpaired) electrons. The molecule has 1 amide bonds. The number of carbonyl (C=O) groups excluding carboxylic acids is 1. The summed E-state index contributed by atoms with van der Waals surface area (Å²) >= 11 is 1.79. The fraction of sp³-hybridized carbons (Fsp3) is 0.562. The summed E-state index contributed by atoms with van der Waals surface area (Å²) in [5.41, 5.74) is 0.972. The number of amides is 1. The molecule has 1 aromatic carbocycles. The van der Waals surface area contributed by atoms with Crippen molar-refractivity contribution in [3.05, 3.63) is 29.8 Å². The third kappa shape index (κ3) is 4.26. The number of hydrogen-bond donors (Lipinski definition) is 0. The molecule has 0 N–H and O–H groups in total. The Morgan fingerprint density at radius 1 is 1.27 bits per heavy atom. The quantitative estimate of drug-likeness (QED) is 0.746. The van der Waals surface area contributed by atoms with E-state index in [2.05, 4.69) is 13.8 Å². The molecule has 0 atom stereocenters. The second-order valence-corrected chi connectivity index (χ2v) is 10.1. The van der Waals surface area contributed by atoms with Crippen LogP contribution in [0.15, 0.2) is 29.2 Å². The Morgan fingerprint density at radius 3 is 2.36 bits per heavy atom. The lowest BCUT2D eigenvalue weighted by Gasteiger charge is -2.38. The van der Waals surface area contributed by atoms with Gasteiger partial charge in [-0.05, 0) is 17.7 Å². The third-order valence-electron chi connectivity index (χ3n) is 3.76. The second kappa shape index (κ2) is 7.04. The highest BCUT2D eigenvalue weighted by Gasteiger charge is 2.38. The van der Waals surface area contributed by atoms with Crippen LogP contribution in [0, 0.1) is 0 Å². The van der Waals surface area contributed by atoms with Crippen LogP contribution in [-0.4, -0.2) is 48.6 Å². The van der Waals surface area contributed by atoms with E-state index in [4.69, 9.17) is 0 Å². The smallest absolute Gasteiger partial charge is 0.227 e. The largest absolute Gasteiger partial charge is 0.340 e. The molecule has 4 nitrogen and oxygen atoms in total. The van der Waals surface area contributed by atoms with E-state index >= 15 is 0 Å². The standard InChI is InChI=1S/C16H23NO3S2/c1-4-22(19,20)15-10-17(11-15)16(18)9-13-5-7-14(8-6-13)21-12(2)3/h5-8,12,15H,4,9-11H2,1-3H3. The molecule has 1 aromatic rings. The summed E-state index contributed by atoms with van der Waals surface area (Å²) in [4.78, 5) is 15.0. The number of carbonyl (C=O) groups is 1. The van der Waals surface area contributed by atoms with E-state index in [-0.39, 0.29) is 16.9 Å². The van der Waals surface area contributed by atoms with Crippen LogP contribution in [0.5, 0.6) is 0 Å². The second-order valence-electron chi connectivity index (χ2n) is 5.86. The van der Waals surface area contributed by atoms with Gasteiger partial charge in [0.1, 0.15) is 0 Å². The number of sulfone groups is 1. The molecule has 0 spiro atoms. The number of thioether (sulfide) groups is 1. The van der Waals surface area contributed by atoms with Crippen molar-refractivity contribution in [2.45, 2.75) is 42.6 Å². The highest BCUT2D eigenvalue weighted by atomic mass is 32.2.